The molecule has 1 aliphatic rings. The van der Waals surface area contributed by atoms with Gasteiger partial charge < -0.3 is 19.9 Å². The SMILES string of the molecule is CC(C)COC(=O)N1CCCN(C(=O)CCNC(=O)c2ccc3ccccc3c2)CC1. The summed E-state index contributed by atoms with van der Waals surface area (Å²) in [5.41, 5.74) is 0.580. The number of carbonyl (C=O) groups excluding carboxylic acids is 3. The molecule has 166 valence electrons. The van der Waals surface area contributed by atoms with E-state index in [-0.39, 0.29) is 30.9 Å². The highest BCUT2D eigenvalue weighted by atomic mass is 16.6. The Balaban J connectivity index is 1.43. The fraction of sp³-hybridized carbons (Fsp3) is 0.458. The van der Waals surface area contributed by atoms with Crippen LogP contribution in [-0.2, 0) is 9.53 Å². The van der Waals surface area contributed by atoms with Crippen LogP contribution >= 0.6 is 0 Å². The number of hydrogen-bond donors (Lipinski definition) is 1. The van der Waals surface area contributed by atoms with Crippen LogP contribution in [0.2, 0.25) is 0 Å². The van der Waals surface area contributed by atoms with E-state index in [1.54, 1.807) is 15.9 Å². The van der Waals surface area contributed by atoms with Crippen molar-refractivity contribution >= 4 is 28.7 Å². The van der Waals surface area contributed by atoms with Crippen molar-refractivity contribution in [3.63, 3.8) is 0 Å². The van der Waals surface area contributed by atoms with Crippen LogP contribution in [-0.4, -0.2) is 67.0 Å². The number of rotatable bonds is 6. The lowest BCUT2D eigenvalue weighted by Gasteiger charge is -2.22. The van der Waals surface area contributed by atoms with Gasteiger partial charge in [-0.05, 0) is 35.2 Å². The smallest absolute Gasteiger partial charge is 0.409 e. The second-order valence-corrected chi connectivity index (χ2v) is 8.26. The molecule has 0 bridgehead atoms. The molecule has 0 radical (unpaired) electrons. The van der Waals surface area contributed by atoms with Gasteiger partial charge in [-0.1, -0.05) is 44.2 Å². The standard InChI is InChI=1S/C24H31N3O4/c1-18(2)17-31-24(30)27-13-5-12-26(14-15-27)22(28)10-11-25-23(29)21-9-8-19-6-3-4-7-20(19)16-21/h3-4,6-9,16,18H,5,10-15,17H2,1-2H3,(H,25,29). The summed E-state index contributed by atoms with van der Waals surface area (Å²) in [5, 5.41) is 4.92. The molecule has 3 rings (SSSR count). The lowest BCUT2D eigenvalue weighted by molar-refractivity contribution is -0.130. The highest BCUT2D eigenvalue weighted by Crippen LogP contribution is 2.15. The molecule has 1 aliphatic heterocycles. The topological polar surface area (TPSA) is 79.0 Å². The highest BCUT2D eigenvalue weighted by molar-refractivity contribution is 5.98. The molecule has 7 nitrogen and oxygen atoms in total. The van der Waals surface area contributed by atoms with Crippen molar-refractivity contribution < 1.29 is 19.1 Å². The molecule has 1 saturated heterocycles. The second kappa shape index (κ2) is 10.8. The van der Waals surface area contributed by atoms with Gasteiger partial charge in [-0.25, -0.2) is 4.79 Å². The van der Waals surface area contributed by atoms with Crippen LogP contribution in [0.25, 0.3) is 10.8 Å². The third-order valence-corrected chi connectivity index (χ3v) is 5.28. The first-order valence-corrected chi connectivity index (χ1v) is 10.9. The molecule has 7 heteroatoms. The molecule has 1 fully saturated rings. The summed E-state index contributed by atoms with van der Waals surface area (Å²) in [6, 6.07) is 13.4. The first kappa shape index (κ1) is 22.6. The zero-order chi connectivity index (χ0) is 22.2. The summed E-state index contributed by atoms with van der Waals surface area (Å²) in [4.78, 5) is 40.6. The second-order valence-electron chi connectivity index (χ2n) is 8.26. The zero-order valence-corrected chi connectivity index (χ0v) is 18.3. The third-order valence-electron chi connectivity index (χ3n) is 5.28. The number of fused-ring (bicyclic) bond motifs is 1. The Labute approximate surface area is 183 Å². The van der Waals surface area contributed by atoms with Gasteiger partial charge in [0.1, 0.15) is 0 Å². The molecule has 0 saturated carbocycles. The molecule has 0 atom stereocenters. The summed E-state index contributed by atoms with van der Waals surface area (Å²) >= 11 is 0. The average molecular weight is 426 g/mol. The lowest BCUT2D eigenvalue weighted by Crippen LogP contribution is -2.39. The van der Waals surface area contributed by atoms with E-state index in [9.17, 15) is 14.4 Å². The van der Waals surface area contributed by atoms with Gasteiger partial charge in [-0.2, -0.15) is 0 Å². The Kier molecular flexibility index (Phi) is 7.87. The van der Waals surface area contributed by atoms with Crippen molar-refractivity contribution in [1.82, 2.24) is 15.1 Å². The van der Waals surface area contributed by atoms with E-state index in [2.05, 4.69) is 5.32 Å². The van der Waals surface area contributed by atoms with E-state index in [1.165, 1.54) is 0 Å². The molecule has 3 amide bonds. The van der Waals surface area contributed by atoms with Gasteiger partial charge in [0.05, 0.1) is 6.61 Å². The van der Waals surface area contributed by atoms with Gasteiger partial charge in [0.25, 0.3) is 5.91 Å². The molecule has 0 unspecified atom stereocenters. The maximum absolute atomic E-state index is 12.6. The molecule has 0 aliphatic carbocycles. The molecule has 2 aromatic rings. The van der Waals surface area contributed by atoms with Crippen molar-refractivity contribution in [2.24, 2.45) is 5.92 Å². The minimum Gasteiger partial charge on any atom is -0.449 e. The molecule has 0 spiro atoms. The normalized spacial score (nSPS) is 14.4. The zero-order valence-electron chi connectivity index (χ0n) is 18.3. The first-order chi connectivity index (χ1) is 14.9. The Bertz CT molecular complexity index is 928. The van der Waals surface area contributed by atoms with E-state index in [0.29, 0.717) is 50.7 Å². The van der Waals surface area contributed by atoms with E-state index < -0.39 is 0 Å². The van der Waals surface area contributed by atoms with E-state index in [0.717, 1.165) is 10.8 Å². The minimum absolute atomic E-state index is 0.0174. The fourth-order valence-corrected chi connectivity index (χ4v) is 3.55. The van der Waals surface area contributed by atoms with Gasteiger partial charge in [0.15, 0.2) is 0 Å². The Hall–Kier alpha value is -3.09. The summed E-state index contributed by atoms with van der Waals surface area (Å²) in [6.45, 7) is 6.80. The van der Waals surface area contributed by atoms with Gasteiger partial charge in [0, 0.05) is 44.7 Å². The fourth-order valence-electron chi connectivity index (χ4n) is 3.55. The monoisotopic (exact) mass is 425 g/mol. The van der Waals surface area contributed by atoms with Crippen LogP contribution in [0, 0.1) is 5.92 Å². The van der Waals surface area contributed by atoms with E-state index >= 15 is 0 Å². The number of amides is 3. The maximum Gasteiger partial charge on any atom is 0.409 e. The van der Waals surface area contributed by atoms with Gasteiger partial charge in [-0.15, -0.1) is 0 Å². The van der Waals surface area contributed by atoms with Crippen LogP contribution in [0.15, 0.2) is 42.5 Å². The molecular weight excluding hydrogens is 394 g/mol. The van der Waals surface area contributed by atoms with Crippen LogP contribution in [0.3, 0.4) is 0 Å². The highest BCUT2D eigenvalue weighted by Gasteiger charge is 2.23. The van der Waals surface area contributed by atoms with Crippen molar-refractivity contribution in [3.8, 4) is 0 Å². The number of carbonyl (C=O) groups is 3. The summed E-state index contributed by atoms with van der Waals surface area (Å²) in [7, 11) is 0. The van der Waals surface area contributed by atoms with Crippen LogP contribution in [0.1, 0.15) is 37.0 Å². The number of nitrogens with one attached hydrogen (secondary N) is 1. The summed E-state index contributed by atoms with van der Waals surface area (Å²) < 4.78 is 5.29. The van der Waals surface area contributed by atoms with Crippen LogP contribution < -0.4 is 5.32 Å². The van der Waals surface area contributed by atoms with Gasteiger partial charge in [0.2, 0.25) is 5.91 Å². The predicted octanol–water partition coefficient (Wildman–Crippen LogP) is 3.29. The van der Waals surface area contributed by atoms with Crippen LogP contribution in [0.4, 0.5) is 4.79 Å². The largest absolute Gasteiger partial charge is 0.449 e. The Morgan fingerprint density at radius 1 is 0.968 bits per heavy atom. The van der Waals surface area contributed by atoms with Gasteiger partial charge in [-0.3, -0.25) is 9.59 Å². The van der Waals surface area contributed by atoms with Gasteiger partial charge >= 0.3 is 6.09 Å². The lowest BCUT2D eigenvalue weighted by atomic mass is 10.1. The Morgan fingerprint density at radius 2 is 1.68 bits per heavy atom. The van der Waals surface area contributed by atoms with E-state index in [4.69, 9.17) is 4.74 Å². The quantitative estimate of drug-likeness (QED) is 0.770. The molecule has 0 aromatic heterocycles. The third kappa shape index (κ3) is 6.44. The molecule has 1 N–H and O–H groups in total. The van der Waals surface area contributed by atoms with E-state index in [1.807, 2.05) is 50.2 Å². The summed E-state index contributed by atoms with van der Waals surface area (Å²) in [5.74, 6) is 0.0866. The predicted molar refractivity (Wildman–Crippen MR) is 120 cm³/mol. The Morgan fingerprint density at radius 3 is 2.45 bits per heavy atom. The van der Waals surface area contributed by atoms with Crippen molar-refractivity contribution in [2.75, 3.05) is 39.3 Å². The minimum atomic E-state index is -0.314. The maximum atomic E-state index is 12.6. The number of nitrogens with zero attached hydrogens (tertiary/aromatic N) is 2. The molecule has 1 heterocycles. The first-order valence-electron chi connectivity index (χ1n) is 10.9. The molecule has 31 heavy (non-hydrogen) atoms. The number of hydrogen-bond acceptors (Lipinski definition) is 4. The molecule has 2 aromatic carbocycles. The molecular formula is C24H31N3O4. The summed E-state index contributed by atoms with van der Waals surface area (Å²) in [6.07, 6.45) is 0.633. The number of ether oxygens (including phenoxy) is 1. The van der Waals surface area contributed by atoms with Crippen molar-refractivity contribution in [1.29, 1.82) is 0 Å². The van der Waals surface area contributed by atoms with Crippen molar-refractivity contribution in [3.05, 3.63) is 48.0 Å². The average Bonchev–Trinajstić information content (AvgIpc) is 3.03. The van der Waals surface area contributed by atoms with Crippen LogP contribution in [0.5, 0.6) is 0 Å². The van der Waals surface area contributed by atoms with Crippen molar-refractivity contribution in [2.45, 2.75) is 26.7 Å². The number of benzene rings is 2.